The molecule has 2 unspecified atom stereocenters. The van der Waals surface area contributed by atoms with Crippen LogP contribution in [0.25, 0.3) is 11.0 Å². The van der Waals surface area contributed by atoms with E-state index >= 15 is 0 Å². The molecule has 3 aromatic heterocycles. The Labute approximate surface area is 190 Å². The molecule has 3 aromatic rings. The Morgan fingerprint density at radius 1 is 1.18 bits per heavy atom. The third-order valence-corrected chi connectivity index (χ3v) is 5.59. The summed E-state index contributed by atoms with van der Waals surface area (Å²) in [7, 11) is 0. The Morgan fingerprint density at radius 3 is 2.71 bits per heavy atom. The van der Waals surface area contributed by atoms with Gasteiger partial charge in [0.15, 0.2) is 11.8 Å². The van der Waals surface area contributed by atoms with E-state index in [9.17, 15) is 18.0 Å². The van der Waals surface area contributed by atoms with E-state index in [4.69, 9.17) is 5.73 Å². The van der Waals surface area contributed by atoms with Crippen molar-refractivity contribution in [1.82, 2.24) is 25.1 Å². The summed E-state index contributed by atoms with van der Waals surface area (Å²) >= 11 is 0. The first kappa shape index (κ1) is 21.8. The van der Waals surface area contributed by atoms with Crippen LogP contribution < -0.4 is 16.0 Å². The molecule has 0 bridgehead atoms. The summed E-state index contributed by atoms with van der Waals surface area (Å²) in [5.41, 5.74) is 7.58. The molecular weight excluding hydrogens is 453 g/mol. The molecule has 5 heterocycles. The normalized spacial score (nSPS) is 20.5. The molecule has 0 saturated carbocycles. The van der Waals surface area contributed by atoms with Crippen molar-refractivity contribution in [3.05, 3.63) is 59.8 Å². The standard InChI is InChI=1S/C21H19F3N8O2/c1-11-14-16(25)28-19(32(18(14)29-20(11)33)13-6-2-3-7-26-13)15-12-5-4-8-27-17(12)31(30-15)9-10-34-21(22,23)24/h2-8,11,19H,9-10H2,1H3,(H2,25,28)(H,29,33). The molecule has 0 fully saturated rings. The number of nitrogens with zero attached hydrogens (tertiary/aromatic N) is 6. The van der Waals surface area contributed by atoms with Gasteiger partial charge in [-0.3, -0.25) is 14.4 Å². The van der Waals surface area contributed by atoms with Gasteiger partial charge < -0.3 is 11.1 Å². The van der Waals surface area contributed by atoms with Crippen molar-refractivity contribution >= 4 is 28.6 Å². The molecule has 0 radical (unpaired) electrons. The van der Waals surface area contributed by atoms with Crippen LogP contribution in [0, 0.1) is 5.92 Å². The van der Waals surface area contributed by atoms with Gasteiger partial charge in [0.2, 0.25) is 5.91 Å². The monoisotopic (exact) mass is 472 g/mol. The maximum atomic E-state index is 12.5. The van der Waals surface area contributed by atoms with Crippen molar-refractivity contribution in [2.45, 2.75) is 26.0 Å². The third kappa shape index (κ3) is 3.73. The summed E-state index contributed by atoms with van der Waals surface area (Å²) in [5, 5.41) is 7.96. The molecule has 10 nitrogen and oxygen atoms in total. The predicted octanol–water partition coefficient (Wildman–Crippen LogP) is 2.22. The number of aromatic nitrogens is 4. The van der Waals surface area contributed by atoms with Crippen LogP contribution >= 0.6 is 0 Å². The Bertz CT molecular complexity index is 1320. The number of hydrogen-bond acceptors (Lipinski definition) is 8. The van der Waals surface area contributed by atoms with Gasteiger partial charge in [0.25, 0.3) is 0 Å². The third-order valence-electron chi connectivity index (χ3n) is 5.59. The summed E-state index contributed by atoms with van der Waals surface area (Å²) in [6.45, 7) is 0.898. The predicted molar refractivity (Wildman–Crippen MR) is 115 cm³/mol. The largest absolute Gasteiger partial charge is 0.522 e. The molecule has 0 aliphatic carbocycles. The van der Waals surface area contributed by atoms with Crippen molar-refractivity contribution in [2.75, 3.05) is 11.5 Å². The Morgan fingerprint density at radius 2 is 1.97 bits per heavy atom. The fourth-order valence-corrected chi connectivity index (χ4v) is 4.09. The minimum Gasteiger partial charge on any atom is -0.384 e. The second-order valence-electron chi connectivity index (χ2n) is 7.70. The highest BCUT2D eigenvalue weighted by Crippen LogP contribution is 2.40. The number of ether oxygens (including phenoxy) is 1. The zero-order chi connectivity index (χ0) is 24.0. The van der Waals surface area contributed by atoms with E-state index in [1.54, 1.807) is 48.4 Å². The van der Waals surface area contributed by atoms with Crippen molar-refractivity contribution < 1.29 is 22.7 Å². The molecule has 13 heteroatoms. The molecule has 3 N–H and O–H groups in total. The molecule has 0 saturated heterocycles. The summed E-state index contributed by atoms with van der Waals surface area (Å²) in [5.74, 6) is 0.357. The average molecular weight is 472 g/mol. The number of carbonyl (C=O) groups is 1. The highest BCUT2D eigenvalue weighted by Gasteiger charge is 2.43. The second-order valence-corrected chi connectivity index (χ2v) is 7.70. The van der Waals surface area contributed by atoms with Crippen LogP contribution in [0.15, 0.2) is 59.1 Å². The van der Waals surface area contributed by atoms with Gasteiger partial charge in [0, 0.05) is 23.4 Å². The first-order valence-electron chi connectivity index (χ1n) is 10.4. The second kappa shape index (κ2) is 8.09. The van der Waals surface area contributed by atoms with E-state index in [1.165, 1.54) is 10.9 Å². The van der Waals surface area contributed by atoms with Crippen LogP contribution in [0.4, 0.5) is 19.0 Å². The molecule has 34 heavy (non-hydrogen) atoms. The zero-order valence-corrected chi connectivity index (χ0v) is 17.8. The Balaban J connectivity index is 1.62. The number of pyridine rings is 2. The van der Waals surface area contributed by atoms with Gasteiger partial charge in [-0.25, -0.2) is 19.6 Å². The molecule has 2 aliphatic rings. The molecular formula is C21H19F3N8O2. The first-order valence-corrected chi connectivity index (χ1v) is 10.4. The number of rotatable bonds is 5. The van der Waals surface area contributed by atoms with Crippen molar-refractivity contribution in [3.63, 3.8) is 0 Å². The SMILES string of the molecule is CC1C(=O)NC2=C1C(N)=NC(c1nn(CCOC(F)(F)F)c3ncccc13)N2c1ccccn1. The molecule has 0 spiro atoms. The van der Waals surface area contributed by atoms with Gasteiger partial charge in [0.1, 0.15) is 23.2 Å². The van der Waals surface area contributed by atoms with E-state index in [2.05, 4.69) is 30.1 Å². The van der Waals surface area contributed by atoms with Crippen LogP contribution in [-0.2, 0) is 16.1 Å². The van der Waals surface area contributed by atoms with Crippen LogP contribution in [0.3, 0.4) is 0 Å². The van der Waals surface area contributed by atoms with Crippen LogP contribution in [0.1, 0.15) is 18.8 Å². The lowest BCUT2D eigenvalue weighted by atomic mass is 10.0. The van der Waals surface area contributed by atoms with Gasteiger partial charge in [0.05, 0.1) is 19.1 Å². The molecule has 5 rings (SSSR count). The number of amides is 1. The molecule has 1 amide bonds. The molecule has 0 aromatic carbocycles. The lowest BCUT2D eigenvalue weighted by Gasteiger charge is -2.34. The van der Waals surface area contributed by atoms with Crippen molar-refractivity contribution in [2.24, 2.45) is 16.6 Å². The van der Waals surface area contributed by atoms with E-state index < -0.39 is 25.1 Å². The highest BCUT2D eigenvalue weighted by atomic mass is 19.4. The quantitative estimate of drug-likeness (QED) is 0.584. The number of nitrogens with one attached hydrogen (secondary N) is 1. The smallest absolute Gasteiger partial charge is 0.384 e. The molecule has 176 valence electrons. The number of amidine groups is 1. The fourth-order valence-electron chi connectivity index (χ4n) is 4.09. The lowest BCUT2D eigenvalue weighted by Crippen LogP contribution is -2.39. The lowest BCUT2D eigenvalue weighted by molar-refractivity contribution is -0.325. The zero-order valence-electron chi connectivity index (χ0n) is 17.8. The van der Waals surface area contributed by atoms with E-state index in [-0.39, 0.29) is 18.3 Å². The highest BCUT2D eigenvalue weighted by molar-refractivity contribution is 6.08. The Kier molecular flexibility index (Phi) is 5.20. The van der Waals surface area contributed by atoms with E-state index in [0.29, 0.717) is 33.9 Å². The number of carbonyl (C=O) groups excluding carboxylic acids is 1. The summed E-state index contributed by atoms with van der Waals surface area (Å²) < 4.78 is 42.7. The average Bonchev–Trinajstić information content (AvgIpc) is 3.31. The molecule has 2 atom stereocenters. The van der Waals surface area contributed by atoms with E-state index in [1.807, 2.05) is 0 Å². The van der Waals surface area contributed by atoms with Gasteiger partial charge in [-0.15, -0.1) is 13.2 Å². The van der Waals surface area contributed by atoms with Crippen LogP contribution in [0.2, 0.25) is 0 Å². The number of anilines is 1. The van der Waals surface area contributed by atoms with Crippen LogP contribution in [-0.4, -0.2) is 44.5 Å². The van der Waals surface area contributed by atoms with Crippen molar-refractivity contribution in [1.29, 1.82) is 0 Å². The maximum Gasteiger partial charge on any atom is 0.522 e. The number of aliphatic imine (C=N–C) groups is 1. The van der Waals surface area contributed by atoms with E-state index in [0.717, 1.165) is 0 Å². The minimum absolute atomic E-state index is 0.171. The number of alkyl halides is 3. The van der Waals surface area contributed by atoms with Gasteiger partial charge >= 0.3 is 6.36 Å². The Hall–Kier alpha value is -4.00. The molecule has 2 aliphatic heterocycles. The first-order chi connectivity index (χ1) is 16.2. The van der Waals surface area contributed by atoms with Gasteiger partial charge in [-0.05, 0) is 31.2 Å². The number of nitrogens with two attached hydrogens (primary N) is 1. The summed E-state index contributed by atoms with van der Waals surface area (Å²) in [6, 6.07) is 8.72. The van der Waals surface area contributed by atoms with Gasteiger partial charge in [-0.1, -0.05) is 6.07 Å². The van der Waals surface area contributed by atoms with Gasteiger partial charge in [-0.2, -0.15) is 5.10 Å². The van der Waals surface area contributed by atoms with Crippen LogP contribution in [0.5, 0.6) is 0 Å². The van der Waals surface area contributed by atoms with Crippen molar-refractivity contribution in [3.8, 4) is 0 Å². The number of halogens is 3. The summed E-state index contributed by atoms with van der Waals surface area (Å²) in [6.07, 6.45) is -2.49. The topological polar surface area (TPSA) is 124 Å². The minimum atomic E-state index is -4.75. The summed E-state index contributed by atoms with van der Waals surface area (Å²) in [4.78, 5) is 27.5. The fraction of sp³-hybridized carbons (Fsp3) is 0.286. The number of hydrogen-bond donors (Lipinski definition) is 2. The maximum absolute atomic E-state index is 12.5. The number of fused-ring (bicyclic) bond motifs is 1.